The van der Waals surface area contributed by atoms with Gasteiger partial charge in [-0.1, -0.05) is 64.4 Å². The zero-order valence-electron chi connectivity index (χ0n) is 32.5. The molecule has 4 aromatic rings. The van der Waals surface area contributed by atoms with Crippen LogP contribution in [0.1, 0.15) is 115 Å². The van der Waals surface area contributed by atoms with E-state index in [4.69, 9.17) is 4.42 Å². The Bertz CT molecular complexity index is 1990. The fourth-order valence-corrected chi connectivity index (χ4v) is 13.7. The first-order chi connectivity index (χ1) is 26.0. The monoisotopic (exact) mass is 731 g/mol. The SMILES string of the molecule is CC1(C)C(O)CCC2(C)C1CCC1(C)C3CCC4(C(=O)NCCc5cccc(-c6nnc(Cc7cccc(-c8nn[nH]n8)c7)o6)c5)CCCC4C3CCC12. The quantitative estimate of drug-likeness (QED) is 0.166. The zero-order valence-corrected chi connectivity index (χ0v) is 32.5. The molecule has 0 radical (unpaired) electrons. The number of H-pyrrole nitrogens is 1. The number of aromatic amines is 1. The molecule has 5 aliphatic carbocycles. The van der Waals surface area contributed by atoms with Crippen molar-refractivity contribution in [3.05, 3.63) is 65.5 Å². The van der Waals surface area contributed by atoms with Gasteiger partial charge in [0.15, 0.2) is 0 Å². The van der Waals surface area contributed by atoms with E-state index in [0.717, 1.165) is 60.3 Å². The molecule has 9 atom stereocenters. The van der Waals surface area contributed by atoms with Crippen LogP contribution in [0.15, 0.2) is 52.9 Å². The maximum atomic E-state index is 14.3. The maximum absolute atomic E-state index is 14.3. The second-order valence-corrected chi connectivity index (χ2v) is 18.9. The lowest BCUT2D eigenvalue weighted by Gasteiger charge is -2.69. The van der Waals surface area contributed by atoms with Crippen molar-refractivity contribution in [3.63, 3.8) is 0 Å². The Labute approximate surface area is 319 Å². The summed E-state index contributed by atoms with van der Waals surface area (Å²) >= 11 is 0. The second-order valence-electron chi connectivity index (χ2n) is 18.9. The number of amides is 1. The molecular weight excluding hydrogens is 675 g/mol. The van der Waals surface area contributed by atoms with E-state index >= 15 is 0 Å². The average Bonchev–Trinajstić information content (AvgIpc) is 3.96. The number of aromatic nitrogens is 6. The molecule has 10 heteroatoms. The highest BCUT2D eigenvalue weighted by Crippen LogP contribution is 2.73. The number of fused-ring (bicyclic) bond motifs is 7. The molecule has 1 amide bonds. The highest BCUT2D eigenvalue weighted by atomic mass is 16.4. The molecule has 54 heavy (non-hydrogen) atoms. The van der Waals surface area contributed by atoms with Crippen LogP contribution in [0.25, 0.3) is 22.8 Å². The largest absolute Gasteiger partial charge is 0.420 e. The van der Waals surface area contributed by atoms with Crippen molar-refractivity contribution in [2.45, 2.75) is 117 Å². The summed E-state index contributed by atoms with van der Waals surface area (Å²) in [5.74, 6) is 5.04. The predicted octanol–water partition coefficient (Wildman–Crippen LogP) is 7.99. The van der Waals surface area contributed by atoms with Crippen molar-refractivity contribution in [1.29, 1.82) is 0 Å². The van der Waals surface area contributed by atoms with Crippen LogP contribution in [0.3, 0.4) is 0 Å². The number of nitrogens with zero attached hydrogens (tertiary/aromatic N) is 5. The van der Waals surface area contributed by atoms with E-state index < -0.39 is 0 Å². The lowest BCUT2D eigenvalue weighted by atomic mass is 9.36. The van der Waals surface area contributed by atoms with E-state index in [1.54, 1.807) is 0 Å². The minimum Gasteiger partial charge on any atom is -0.420 e. The first kappa shape index (κ1) is 35.8. The van der Waals surface area contributed by atoms with Crippen LogP contribution in [0.4, 0.5) is 0 Å². The van der Waals surface area contributed by atoms with Gasteiger partial charge in [-0.15, -0.1) is 20.4 Å². The zero-order chi connectivity index (χ0) is 37.3. The summed E-state index contributed by atoms with van der Waals surface area (Å²) in [6.07, 6.45) is 13.9. The van der Waals surface area contributed by atoms with Gasteiger partial charge in [-0.3, -0.25) is 4.79 Å². The van der Waals surface area contributed by atoms with Gasteiger partial charge in [-0.25, -0.2) is 0 Å². The van der Waals surface area contributed by atoms with Crippen molar-refractivity contribution >= 4 is 5.91 Å². The van der Waals surface area contributed by atoms with E-state index in [1.807, 2.05) is 36.4 Å². The van der Waals surface area contributed by atoms with Crippen LogP contribution in [-0.2, 0) is 17.6 Å². The van der Waals surface area contributed by atoms with Crippen LogP contribution in [0.5, 0.6) is 0 Å². The standard InChI is InChI=1S/C44H57N7O3/c1-41(2)34-16-20-42(3)32-15-22-44(19-7-12-33(44)31(32)13-14-35(42)43(34,4)21-17-36(41)52)40(53)45-23-18-27-8-5-11-30(24-27)39-49-46-37(54-39)26-28-9-6-10-29(25-28)38-47-50-51-48-38/h5-6,8-11,24-25,31-36,52H,7,12-23,26H2,1-4H3,(H,45,53)(H,47,48,50,51). The fourth-order valence-electron chi connectivity index (χ4n) is 13.7. The molecule has 3 N–H and O–H groups in total. The minimum absolute atomic E-state index is 0.0134. The Morgan fingerprint density at radius 2 is 1.63 bits per heavy atom. The lowest BCUT2D eigenvalue weighted by Crippen LogP contribution is -2.63. The smallest absolute Gasteiger partial charge is 0.247 e. The normalized spacial score (nSPS) is 35.4. The summed E-state index contributed by atoms with van der Waals surface area (Å²) in [6, 6.07) is 16.2. The molecule has 0 aliphatic heterocycles. The first-order valence-corrected chi connectivity index (χ1v) is 20.7. The number of hydrogen-bond acceptors (Lipinski definition) is 8. The van der Waals surface area contributed by atoms with Crippen LogP contribution in [-0.4, -0.2) is 54.5 Å². The molecule has 9 unspecified atom stereocenters. The van der Waals surface area contributed by atoms with E-state index in [-0.39, 0.29) is 16.9 Å². The third-order valence-corrected chi connectivity index (χ3v) is 16.2. The number of benzene rings is 2. The molecule has 286 valence electrons. The number of aliphatic hydroxyl groups excluding tert-OH is 1. The van der Waals surface area contributed by atoms with Gasteiger partial charge < -0.3 is 14.8 Å². The minimum atomic E-state index is -0.213. The third kappa shape index (κ3) is 5.76. The fraction of sp³-hybridized carbons (Fsp3) is 0.636. The second kappa shape index (κ2) is 13.4. The van der Waals surface area contributed by atoms with Gasteiger partial charge in [0.2, 0.25) is 23.5 Å². The Kier molecular flexibility index (Phi) is 8.86. The highest BCUT2D eigenvalue weighted by molar-refractivity contribution is 5.83. The van der Waals surface area contributed by atoms with E-state index in [0.29, 0.717) is 71.0 Å². The molecule has 2 aromatic carbocycles. The van der Waals surface area contributed by atoms with Gasteiger partial charge >= 0.3 is 0 Å². The van der Waals surface area contributed by atoms with Gasteiger partial charge in [-0.05, 0) is 151 Å². The average molecular weight is 732 g/mol. The van der Waals surface area contributed by atoms with Crippen LogP contribution < -0.4 is 5.32 Å². The maximum Gasteiger partial charge on any atom is 0.247 e. The lowest BCUT2D eigenvalue weighted by molar-refractivity contribution is -0.214. The van der Waals surface area contributed by atoms with Crippen LogP contribution in [0.2, 0.25) is 0 Å². The first-order valence-electron chi connectivity index (χ1n) is 20.7. The number of hydrogen-bond donors (Lipinski definition) is 3. The number of carbonyl (C=O) groups excluding carboxylic acids is 1. The summed E-state index contributed by atoms with van der Waals surface area (Å²) in [5.41, 5.74) is 4.32. The summed E-state index contributed by atoms with van der Waals surface area (Å²) in [7, 11) is 0. The van der Waals surface area contributed by atoms with Crippen molar-refractivity contribution in [2.24, 2.45) is 51.2 Å². The molecule has 5 fully saturated rings. The summed E-state index contributed by atoms with van der Waals surface area (Å²) in [6.45, 7) is 10.5. The molecule has 10 nitrogen and oxygen atoms in total. The van der Waals surface area contributed by atoms with Crippen molar-refractivity contribution in [1.82, 2.24) is 36.1 Å². The van der Waals surface area contributed by atoms with Gasteiger partial charge in [0, 0.05) is 17.7 Å². The van der Waals surface area contributed by atoms with E-state index in [1.165, 1.54) is 44.9 Å². The number of nitrogens with one attached hydrogen (secondary N) is 2. The predicted molar refractivity (Wildman–Crippen MR) is 206 cm³/mol. The van der Waals surface area contributed by atoms with Crippen LogP contribution in [0, 0.1) is 51.2 Å². The molecule has 0 saturated heterocycles. The Morgan fingerprint density at radius 3 is 2.46 bits per heavy atom. The molecule has 2 heterocycles. The summed E-state index contributed by atoms with van der Waals surface area (Å²) in [5, 5.41) is 37.5. The van der Waals surface area contributed by atoms with Crippen molar-refractivity contribution < 1.29 is 14.3 Å². The molecule has 2 aromatic heterocycles. The van der Waals surface area contributed by atoms with Gasteiger partial charge in [0.1, 0.15) is 0 Å². The molecule has 5 saturated carbocycles. The Balaban J connectivity index is 0.836. The van der Waals surface area contributed by atoms with Crippen molar-refractivity contribution in [2.75, 3.05) is 6.54 Å². The molecular formula is C44H57N7O3. The van der Waals surface area contributed by atoms with Crippen molar-refractivity contribution in [3.8, 4) is 22.8 Å². The topological polar surface area (TPSA) is 143 Å². The number of tetrazole rings is 1. The Hall–Kier alpha value is -3.92. The summed E-state index contributed by atoms with van der Waals surface area (Å²) < 4.78 is 6.10. The van der Waals surface area contributed by atoms with E-state index in [9.17, 15) is 9.90 Å². The van der Waals surface area contributed by atoms with E-state index in [2.05, 4.69) is 76.0 Å². The van der Waals surface area contributed by atoms with Crippen LogP contribution >= 0.6 is 0 Å². The highest BCUT2D eigenvalue weighted by Gasteiger charge is 2.67. The number of carbonyl (C=O) groups is 1. The summed E-state index contributed by atoms with van der Waals surface area (Å²) in [4.78, 5) is 14.3. The number of aliphatic hydroxyl groups is 1. The van der Waals surface area contributed by atoms with Gasteiger partial charge in [0.05, 0.1) is 17.9 Å². The molecule has 0 spiro atoms. The molecule has 9 rings (SSSR count). The molecule has 0 bridgehead atoms. The number of rotatable bonds is 8. The molecule has 5 aliphatic rings. The van der Waals surface area contributed by atoms with Gasteiger partial charge in [-0.2, -0.15) is 5.21 Å². The Morgan fingerprint density at radius 1 is 0.833 bits per heavy atom. The van der Waals surface area contributed by atoms with Gasteiger partial charge in [0.25, 0.3) is 0 Å². The third-order valence-electron chi connectivity index (χ3n) is 16.2.